The van der Waals surface area contributed by atoms with E-state index in [9.17, 15) is 13.6 Å². The lowest BCUT2D eigenvalue weighted by atomic mass is 10.2. The summed E-state index contributed by atoms with van der Waals surface area (Å²) in [5.41, 5.74) is 0.930. The molecular formula is C14H9F2N3O. The predicted molar refractivity (Wildman–Crippen MR) is 66.5 cm³/mol. The fourth-order valence-electron chi connectivity index (χ4n) is 1.52. The normalized spacial score (nSPS) is 9.85. The number of nitrogens with one attached hydrogen (secondary N) is 1. The molecule has 0 fully saturated rings. The van der Waals surface area contributed by atoms with Crippen LogP contribution in [0.3, 0.4) is 0 Å². The summed E-state index contributed by atoms with van der Waals surface area (Å²) >= 11 is 0. The van der Waals surface area contributed by atoms with Crippen LogP contribution in [0.5, 0.6) is 0 Å². The lowest BCUT2D eigenvalue weighted by Crippen LogP contribution is -2.23. The van der Waals surface area contributed by atoms with E-state index in [-0.39, 0.29) is 12.2 Å². The number of carbonyl (C=O) groups excluding carboxylic acids is 1. The molecule has 0 aliphatic heterocycles. The highest BCUT2D eigenvalue weighted by Gasteiger charge is 2.08. The first kappa shape index (κ1) is 13.6. The molecule has 1 heterocycles. The van der Waals surface area contributed by atoms with Crippen molar-refractivity contribution >= 4 is 5.91 Å². The second-order valence-corrected chi connectivity index (χ2v) is 3.98. The fourth-order valence-corrected chi connectivity index (χ4v) is 1.52. The number of halogens is 2. The number of rotatable bonds is 3. The maximum atomic E-state index is 13.0. The Bertz CT molecular complexity index is 678. The maximum Gasteiger partial charge on any atom is 0.270 e. The summed E-state index contributed by atoms with van der Waals surface area (Å²) in [5, 5.41) is 11.1. The minimum atomic E-state index is -0.965. The van der Waals surface area contributed by atoms with Crippen molar-refractivity contribution in [3.8, 4) is 6.07 Å². The Balaban J connectivity index is 2.01. The highest BCUT2D eigenvalue weighted by Crippen LogP contribution is 2.08. The lowest BCUT2D eigenvalue weighted by Gasteiger charge is -2.05. The van der Waals surface area contributed by atoms with Crippen molar-refractivity contribution in [2.45, 2.75) is 6.54 Å². The first-order valence-corrected chi connectivity index (χ1v) is 5.68. The largest absolute Gasteiger partial charge is 0.347 e. The minimum absolute atomic E-state index is 0.0533. The molecule has 0 bridgehead atoms. The Morgan fingerprint density at radius 3 is 2.65 bits per heavy atom. The Labute approximate surface area is 113 Å². The van der Waals surface area contributed by atoms with Gasteiger partial charge in [0.05, 0.1) is 5.56 Å². The van der Waals surface area contributed by atoms with Gasteiger partial charge in [0.1, 0.15) is 11.8 Å². The number of carbonyl (C=O) groups is 1. The highest BCUT2D eigenvalue weighted by molar-refractivity contribution is 5.92. The molecule has 0 saturated carbocycles. The summed E-state index contributed by atoms with van der Waals surface area (Å²) in [5.74, 6) is -2.36. The van der Waals surface area contributed by atoms with Crippen molar-refractivity contribution in [2.75, 3.05) is 0 Å². The topological polar surface area (TPSA) is 65.8 Å². The van der Waals surface area contributed by atoms with E-state index in [0.29, 0.717) is 11.1 Å². The van der Waals surface area contributed by atoms with Crippen molar-refractivity contribution in [2.24, 2.45) is 0 Å². The summed E-state index contributed by atoms with van der Waals surface area (Å²) in [6.45, 7) is 0.0533. The monoisotopic (exact) mass is 273 g/mol. The zero-order valence-electron chi connectivity index (χ0n) is 10.2. The van der Waals surface area contributed by atoms with Crippen LogP contribution in [0.25, 0.3) is 0 Å². The van der Waals surface area contributed by atoms with Crippen molar-refractivity contribution in [1.29, 1.82) is 5.26 Å². The average Bonchev–Trinajstić information content (AvgIpc) is 2.48. The molecule has 0 radical (unpaired) electrons. The van der Waals surface area contributed by atoms with Gasteiger partial charge in [-0.05, 0) is 29.8 Å². The zero-order chi connectivity index (χ0) is 14.5. The third-order valence-electron chi connectivity index (χ3n) is 2.56. The van der Waals surface area contributed by atoms with Crippen molar-refractivity contribution in [1.82, 2.24) is 10.3 Å². The number of amides is 1. The third kappa shape index (κ3) is 3.14. The van der Waals surface area contributed by atoms with Crippen LogP contribution >= 0.6 is 0 Å². The molecule has 1 amide bonds. The molecule has 0 spiro atoms. The van der Waals surface area contributed by atoms with E-state index < -0.39 is 17.5 Å². The number of nitrogens with zero attached hydrogens (tertiary/aromatic N) is 2. The summed E-state index contributed by atoms with van der Waals surface area (Å²) in [7, 11) is 0. The summed E-state index contributed by atoms with van der Waals surface area (Å²) in [4.78, 5) is 15.6. The first-order valence-electron chi connectivity index (χ1n) is 5.68. The molecule has 20 heavy (non-hydrogen) atoms. The van der Waals surface area contributed by atoms with Gasteiger partial charge in [0.2, 0.25) is 0 Å². The fraction of sp³-hybridized carbons (Fsp3) is 0.0714. The van der Waals surface area contributed by atoms with Gasteiger partial charge in [0, 0.05) is 12.7 Å². The van der Waals surface area contributed by atoms with Crippen molar-refractivity contribution < 1.29 is 13.6 Å². The van der Waals surface area contributed by atoms with Crippen LogP contribution in [0, 0.1) is 23.0 Å². The Morgan fingerprint density at radius 2 is 2.05 bits per heavy atom. The molecule has 6 heteroatoms. The van der Waals surface area contributed by atoms with E-state index >= 15 is 0 Å². The minimum Gasteiger partial charge on any atom is -0.347 e. The quantitative estimate of drug-likeness (QED) is 0.931. The van der Waals surface area contributed by atoms with E-state index in [1.165, 1.54) is 24.4 Å². The second-order valence-electron chi connectivity index (χ2n) is 3.98. The number of pyridine rings is 1. The van der Waals surface area contributed by atoms with E-state index in [1.807, 2.05) is 6.07 Å². The van der Waals surface area contributed by atoms with E-state index in [0.717, 1.165) is 12.1 Å². The highest BCUT2D eigenvalue weighted by atomic mass is 19.2. The molecule has 2 aromatic rings. The van der Waals surface area contributed by atoms with Crippen LogP contribution in [0.2, 0.25) is 0 Å². The second kappa shape index (κ2) is 5.89. The summed E-state index contributed by atoms with van der Waals surface area (Å²) < 4.78 is 25.7. The number of benzene rings is 1. The number of hydrogen-bond acceptors (Lipinski definition) is 3. The van der Waals surface area contributed by atoms with Gasteiger partial charge < -0.3 is 5.32 Å². The van der Waals surface area contributed by atoms with Crippen LogP contribution in [-0.2, 0) is 6.54 Å². The summed E-state index contributed by atoms with van der Waals surface area (Å²) in [6, 6.07) is 8.17. The van der Waals surface area contributed by atoms with Gasteiger partial charge >= 0.3 is 0 Å². The number of hydrogen-bond donors (Lipinski definition) is 1. The SMILES string of the molecule is N#Cc1ccc(C(=O)NCc2ccc(F)c(F)c2)nc1. The van der Waals surface area contributed by atoms with Gasteiger partial charge in [-0.3, -0.25) is 4.79 Å². The standard InChI is InChI=1S/C14H9F2N3O/c15-11-3-1-9(5-12(11)16)7-19-14(20)13-4-2-10(6-17)8-18-13/h1-5,8H,7H2,(H,19,20). The van der Waals surface area contributed by atoms with Crippen LogP contribution in [-0.4, -0.2) is 10.9 Å². The van der Waals surface area contributed by atoms with Gasteiger partial charge in [0.15, 0.2) is 11.6 Å². The zero-order valence-corrected chi connectivity index (χ0v) is 10.2. The Hall–Kier alpha value is -2.81. The van der Waals surface area contributed by atoms with E-state index in [4.69, 9.17) is 5.26 Å². The molecule has 0 atom stereocenters. The number of aromatic nitrogens is 1. The smallest absolute Gasteiger partial charge is 0.270 e. The van der Waals surface area contributed by atoms with Gasteiger partial charge in [-0.1, -0.05) is 6.07 Å². The van der Waals surface area contributed by atoms with Crippen LogP contribution in [0.15, 0.2) is 36.5 Å². The third-order valence-corrected chi connectivity index (χ3v) is 2.56. The maximum absolute atomic E-state index is 13.0. The van der Waals surface area contributed by atoms with E-state index in [2.05, 4.69) is 10.3 Å². The van der Waals surface area contributed by atoms with Crippen LogP contribution < -0.4 is 5.32 Å². The molecule has 1 aromatic carbocycles. The molecule has 1 aromatic heterocycles. The van der Waals surface area contributed by atoms with Gasteiger partial charge in [-0.25, -0.2) is 13.8 Å². The summed E-state index contributed by atoms with van der Waals surface area (Å²) in [6.07, 6.45) is 1.28. The van der Waals surface area contributed by atoms with Crippen LogP contribution in [0.1, 0.15) is 21.6 Å². The molecule has 1 N–H and O–H groups in total. The van der Waals surface area contributed by atoms with Crippen LogP contribution in [0.4, 0.5) is 8.78 Å². The van der Waals surface area contributed by atoms with Crippen molar-refractivity contribution in [3.63, 3.8) is 0 Å². The lowest BCUT2D eigenvalue weighted by molar-refractivity contribution is 0.0946. The Kier molecular flexibility index (Phi) is 4.01. The molecule has 0 aliphatic carbocycles. The molecule has 100 valence electrons. The first-order chi connectivity index (χ1) is 9.60. The Morgan fingerprint density at radius 1 is 1.25 bits per heavy atom. The van der Waals surface area contributed by atoms with Gasteiger partial charge in [0.25, 0.3) is 5.91 Å². The molecule has 0 saturated heterocycles. The molecule has 2 rings (SSSR count). The average molecular weight is 273 g/mol. The molecule has 4 nitrogen and oxygen atoms in total. The number of nitriles is 1. The van der Waals surface area contributed by atoms with Gasteiger partial charge in [-0.15, -0.1) is 0 Å². The van der Waals surface area contributed by atoms with Gasteiger partial charge in [-0.2, -0.15) is 5.26 Å². The molecular weight excluding hydrogens is 264 g/mol. The predicted octanol–water partition coefficient (Wildman–Crippen LogP) is 2.16. The molecule has 0 aliphatic rings. The van der Waals surface area contributed by atoms with Crippen molar-refractivity contribution in [3.05, 3.63) is 65.0 Å². The van der Waals surface area contributed by atoms with E-state index in [1.54, 1.807) is 0 Å². The molecule has 0 unspecified atom stereocenters.